The van der Waals surface area contributed by atoms with Crippen LogP contribution in [0.15, 0.2) is 17.3 Å². The Morgan fingerprint density at radius 3 is 3.09 bits per heavy atom. The van der Waals surface area contributed by atoms with Gasteiger partial charge in [-0.25, -0.2) is 0 Å². The summed E-state index contributed by atoms with van der Waals surface area (Å²) in [6.45, 7) is 1.93. The quantitative estimate of drug-likeness (QED) is 0.581. The fourth-order valence-electron chi connectivity index (χ4n) is 1.00. The van der Waals surface area contributed by atoms with Crippen LogP contribution in [0.1, 0.15) is 5.69 Å². The van der Waals surface area contributed by atoms with Crippen molar-refractivity contribution in [3.05, 3.63) is 18.1 Å². The first-order chi connectivity index (χ1) is 5.29. The molecule has 56 valence electrons. The Labute approximate surface area is 69.2 Å². The third kappa shape index (κ3) is 0.903. The van der Waals surface area contributed by atoms with Crippen molar-refractivity contribution < 1.29 is 0 Å². The van der Waals surface area contributed by atoms with E-state index in [1.54, 1.807) is 12.4 Å². The van der Waals surface area contributed by atoms with E-state index < -0.39 is 0 Å². The lowest BCUT2D eigenvalue weighted by Crippen LogP contribution is -1.82. The van der Waals surface area contributed by atoms with Crippen molar-refractivity contribution in [2.24, 2.45) is 0 Å². The zero-order valence-electron chi connectivity index (χ0n) is 6.00. The van der Waals surface area contributed by atoms with Gasteiger partial charge in [-0.05, 0) is 6.92 Å². The Hall–Kier alpha value is -1.03. The minimum atomic E-state index is 0.899. The van der Waals surface area contributed by atoms with Gasteiger partial charge in [-0.1, -0.05) is 0 Å². The molecular weight excluding hydrogens is 158 g/mol. The van der Waals surface area contributed by atoms with Gasteiger partial charge in [-0.15, -0.1) is 12.6 Å². The van der Waals surface area contributed by atoms with Gasteiger partial charge in [0.05, 0.1) is 23.6 Å². The van der Waals surface area contributed by atoms with E-state index in [1.807, 2.05) is 6.92 Å². The molecular formula is C7H7N3S. The summed E-state index contributed by atoms with van der Waals surface area (Å²) in [4.78, 5) is 5.03. The van der Waals surface area contributed by atoms with Gasteiger partial charge in [0.1, 0.15) is 0 Å². The zero-order valence-corrected chi connectivity index (χ0v) is 6.89. The van der Waals surface area contributed by atoms with Gasteiger partial charge in [-0.2, -0.15) is 5.10 Å². The third-order valence-corrected chi connectivity index (χ3v) is 2.22. The Bertz CT molecular complexity index is 393. The highest BCUT2D eigenvalue weighted by atomic mass is 32.1. The lowest BCUT2D eigenvalue weighted by molar-refractivity contribution is 1.11. The van der Waals surface area contributed by atoms with Crippen LogP contribution in [0.3, 0.4) is 0 Å². The summed E-state index contributed by atoms with van der Waals surface area (Å²) in [6, 6.07) is 0. The van der Waals surface area contributed by atoms with Crippen molar-refractivity contribution in [2.45, 2.75) is 11.8 Å². The van der Waals surface area contributed by atoms with Crippen LogP contribution < -0.4 is 0 Å². The highest BCUT2D eigenvalue weighted by molar-refractivity contribution is 7.80. The monoisotopic (exact) mass is 165 g/mol. The fraction of sp³-hybridized carbons (Fsp3) is 0.143. The number of nitrogens with zero attached hydrogens (tertiary/aromatic N) is 2. The molecule has 0 unspecified atom stereocenters. The summed E-state index contributed by atoms with van der Waals surface area (Å²) in [6.07, 6.45) is 3.52. The summed E-state index contributed by atoms with van der Waals surface area (Å²) < 4.78 is 0. The molecule has 0 spiro atoms. The van der Waals surface area contributed by atoms with E-state index >= 15 is 0 Å². The number of hydrogen-bond acceptors (Lipinski definition) is 3. The highest BCUT2D eigenvalue weighted by Crippen LogP contribution is 2.20. The minimum Gasteiger partial charge on any atom is -0.276 e. The molecule has 0 amide bonds. The number of rotatable bonds is 0. The number of aromatic amines is 1. The molecule has 2 heterocycles. The molecule has 0 bridgehead atoms. The molecule has 2 rings (SSSR count). The first-order valence-electron chi connectivity index (χ1n) is 3.26. The molecule has 2 aromatic rings. The number of aryl methyl sites for hydroxylation is 1. The predicted octanol–water partition coefficient (Wildman–Crippen LogP) is 1.56. The van der Waals surface area contributed by atoms with Gasteiger partial charge in [-0.3, -0.25) is 10.1 Å². The average molecular weight is 165 g/mol. The van der Waals surface area contributed by atoms with Crippen molar-refractivity contribution in [1.29, 1.82) is 0 Å². The molecule has 0 aliphatic rings. The van der Waals surface area contributed by atoms with Gasteiger partial charge in [0.25, 0.3) is 0 Å². The molecule has 0 saturated carbocycles. The smallest absolute Gasteiger partial charge is 0.0844 e. The molecule has 0 atom stereocenters. The van der Waals surface area contributed by atoms with Crippen LogP contribution in [-0.2, 0) is 0 Å². The summed E-state index contributed by atoms with van der Waals surface area (Å²) in [5.41, 5.74) is 1.86. The van der Waals surface area contributed by atoms with Crippen LogP contribution in [0.25, 0.3) is 10.9 Å². The van der Waals surface area contributed by atoms with Crippen LogP contribution in [0.5, 0.6) is 0 Å². The molecule has 3 nitrogen and oxygen atoms in total. The largest absolute Gasteiger partial charge is 0.276 e. The second-order valence-corrected chi connectivity index (χ2v) is 2.84. The maximum absolute atomic E-state index is 4.31. The van der Waals surface area contributed by atoms with Crippen LogP contribution in [-0.4, -0.2) is 15.2 Å². The Morgan fingerprint density at radius 2 is 2.27 bits per heavy atom. The van der Waals surface area contributed by atoms with Gasteiger partial charge in [0.2, 0.25) is 0 Å². The molecule has 0 saturated heterocycles. The predicted molar refractivity (Wildman–Crippen MR) is 45.9 cm³/mol. The molecule has 0 radical (unpaired) electrons. The SMILES string of the molecule is Cc1ncc2[nH]ncc2c1S. The molecule has 4 heteroatoms. The molecule has 0 aliphatic carbocycles. The second-order valence-electron chi connectivity index (χ2n) is 2.39. The Morgan fingerprint density at radius 1 is 1.45 bits per heavy atom. The Balaban J connectivity index is 2.93. The molecule has 0 aliphatic heterocycles. The molecule has 0 fully saturated rings. The lowest BCUT2D eigenvalue weighted by atomic mass is 10.3. The average Bonchev–Trinajstić information content (AvgIpc) is 2.45. The highest BCUT2D eigenvalue weighted by Gasteiger charge is 2.02. The van der Waals surface area contributed by atoms with Crippen LogP contribution in [0.2, 0.25) is 0 Å². The number of nitrogens with one attached hydrogen (secondary N) is 1. The topological polar surface area (TPSA) is 41.6 Å². The van der Waals surface area contributed by atoms with E-state index in [0.717, 1.165) is 21.5 Å². The number of pyridine rings is 1. The van der Waals surface area contributed by atoms with E-state index in [4.69, 9.17) is 0 Å². The van der Waals surface area contributed by atoms with Crippen LogP contribution in [0.4, 0.5) is 0 Å². The van der Waals surface area contributed by atoms with E-state index in [-0.39, 0.29) is 0 Å². The number of aromatic nitrogens is 3. The van der Waals surface area contributed by atoms with Crippen molar-refractivity contribution in [3.63, 3.8) is 0 Å². The number of H-pyrrole nitrogens is 1. The van der Waals surface area contributed by atoms with E-state index in [2.05, 4.69) is 27.8 Å². The first kappa shape index (κ1) is 6.67. The molecule has 2 aromatic heterocycles. The molecule has 11 heavy (non-hydrogen) atoms. The molecule has 0 aromatic carbocycles. The summed E-state index contributed by atoms with van der Waals surface area (Å²) in [7, 11) is 0. The van der Waals surface area contributed by atoms with E-state index in [0.29, 0.717) is 0 Å². The Kier molecular flexibility index (Phi) is 1.35. The summed E-state index contributed by atoms with van der Waals surface area (Å²) in [5, 5.41) is 7.74. The van der Waals surface area contributed by atoms with Crippen molar-refractivity contribution in [3.8, 4) is 0 Å². The van der Waals surface area contributed by atoms with Gasteiger partial charge in [0, 0.05) is 10.3 Å². The van der Waals surface area contributed by atoms with Crippen molar-refractivity contribution in [2.75, 3.05) is 0 Å². The van der Waals surface area contributed by atoms with Gasteiger partial charge < -0.3 is 0 Å². The minimum absolute atomic E-state index is 0.899. The standard InChI is InChI=1S/C7H7N3S/c1-4-7(11)5-2-9-10-6(5)3-8-4/h2-3,11H,1H3,(H,9,10). The third-order valence-electron chi connectivity index (χ3n) is 1.65. The maximum atomic E-state index is 4.31. The maximum Gasteiger partial charge on any atom is 0.0844 e. The van der Waals surface area contributed by atoms with Crippen LogP contribution >= 0.6 is 12.6 Å². The fourth-order valence-corrected chi connectivity index (χ4v) is 1.24. The van der Waals surface area contributed by atoms with E-state index in [9.17, 15) is 0 Å². The van der Waals surface area contributed by atoms with Gasteiger partial charge in [0.15, 0.2) is 0 Å². The van der Waals surface area contributed by atoms with Crippen LogP contribution in [0, 0.1) is 6.92 Å². The van der Waals surface area contributed by atoms with Gasteiger partial charge >= 0.3 is 0 Å². The van der Waals surface area contributed by atoms with E-state index in [1.165, 1.54) is 0 Å². The lowest BCUT2D eigenvalue weighted by Gasteiger charge is -1.96. The number of thiol groups is 1. The number of fused-ring (bicyclic) bond motifs is 1. The molecule has 1 N–H and O–H groups in total. The summed E-state index contributed by atoms with van der Waals surface area (Å²) >= 11 is 4.31. The number of hydrogen-bond donors (Lipinski definition) is 2. The zero-order chi connectivity index (χ0) is 7.84. The normalized spacial score (nSPS) is 10.7. The first-order valence-corrected chi connectivity index (χ1v) is 3.71. The second kappa shape index (κ2) is 2.23. The van der Waals surface area contributed by atoms with Crippen molar-refractivity contribution in [1.82, 2.24) is 15.2 Å². The summed E-state index contributed by atoms with van der Waals surface area (Å²) in [5.74, 6) is 0. The van der Waals surface area contributed by atoms with Crippen molar-refractivity contribution >= 4 is 23.5 Å².